The van der Waals surface area contributed by atoms with E-state index < -0.39 is 48.5 Å². The molecule has 0 fully saturated rings. The highest BCUT2D eigenvalue weighted by molar-refractivity contribution is 6.04. The number of benzene rings is 2. The third-order valence-electron chi connectivity index (χ3n) is 9.01. The van der Waals surface area contributed by atoms with E-state index >= 15 is 4.39 Å². The van der Waals surface area contributed by atoms with E-state index in [9.17, 15) is 19.5 Å². The Morgan fingerprint density at radius 2 is 1.65 bits per heavy atom. The number of esters is 2. The summed E-state index contributed by atoms with van der Waals surface area (Å²) < 4.78 is 49.4. The molecule has 326 valence electrons. The van der Waals surface area contributed by atoms with Crippen LogP contribution in [-0.2, 0) is 28.5 Å². The molecule has 2 aromatic carbocycles. The normalized spacial score (nSPS) is 14.6. The van der Waals surface area contributed by atoms with Crippen LogP contribution in [0.4, 0.5) is 20.8 Å². The van der Waals surface area contributed by atoms with Crippen LogP contribution in [0.1, 0.15) is 79.0 Å². The van der Waals surface area contributed by atoms with E-state index in [0.717, 1.165) is 6.42 Å². The van der Waals surface area contributed by atoms with Gasteiger partial charge >= 0.3 is 18.0 Å². The number of amides is 1. The average molecular weight is 839 g/mol. The van der Waals surface area contributed by atoms with Crippen LogP contribution < -0.4 is 30.5 Å². The van der Waals surface area contributed by atoms with Gasteiger partial charge in [0.05, 0.1) is 26.9 Å². The summed E-state index contributed by atoms with van der Waals surface area (Å²) in [5, 5.41) is 24.9. The van der Waals surface area contributed by atoms with Gasteiger partial charge in [-0.15, -0.1) is 0 Å². The van der Waals surface area contributed by atoms with Crippen LogP contribution in [0.25, 0.3) is 0 Å². The molecule has 0 bridgehead atoms. The topological polar surface area (TPSA) is 228 Å². The Labute approximate surface area is 348 Å². The van der Waals surface area contributed by atoms with Crippen LogP contribution in [0.15, 0.2) is 59.9 Å². The lowest BCUT2D eigenvalue weighted by Gasteiger charge is -2.26. The predicted molar refractivity (Wildman–Crippen MR) is 219 cm³/mol. The largest absolute Gasteiger partial charge is 0.497 e. The molecule has 0 saturated heterocycles. The number of carbonyl (C=O) groups is 3. The molecule has 2 unspecified atom stereocenters. The van der Waals surface area contributed by atoms with E-state index in [1.54, 1.807) is 30.3 Å². The molecule has 0 radical (unpaired) electrons. The van der Waals surface area contributed by atoms with Crippen LogP contribution in [0.5, 0.6) is 11.5 Å². The van der Waals surface area contributed by atoms with E-state index in [4.69, 9.17) is 33.8 Å². The number of nitrogens with one attached hydrogen (secondary N) is 4. The SMILES string of the molecule is CCC(C)(C)COC(=O)NC(=N)c1ccc(NC(C2=NC(OCOC(=O)C(C)(C)C(=O)OCC(C)(C)C)N(c3ncccn3)N2)c2cc(OC)cc(OCCO)c2F)cc1. The summed E-state index contributed by atoms with van der Waals surface area (Å²) in [5.41, 5.74) is 1.63. The number of aliphatic hydroxyl groups is 1. The van der Waals surface area contributed by atoms with E-state index in [1.807, 2.05) is 41.5 Å². The summed E-state index contributed by atoms with van der Waals surface area (Å²) in [6, 6.07) is 9.58. The maximum Gasteiger partial charge on any atom is 0.412 e. The monoisotopic (exact) mass is 838 g/mol. The van der Waals surface area contributed by atoms with Crippen molar-refractivity contribution in [3.8, 4) is 11.5 Å². The van der Waals surface area contributed by atoms with Gasteiger partial charge in [0.1, 0.15) is 30.1 Å². The number of amidine groups is 2. The summed E-state index contributed by atoms with van der Waals surface area (Å²) in [4.78, 5) is 51.6. The first-order valence-electron chi connectivity index (χ1n) is 19.2. The first-order chi connectivity index (χ1) is 28.3. The molecule has 0 aliphatic carbocycles. The van der Waals surface area contributed by atoms with Crippen LogP contribution in [0.3, 0.4) is 0 Å². The van der Waals surface area contributed by atoms with Crippen molar-refractivity contribution in [2.75, 3.05) is 50.7 Å². The van der Waals surface area contributed by atoms with E-state index in [2.05, 4.69) is 31.0 Å². The minimum Gasteiger partial charge on any atom is -0.497 e. The number of methoxy groups -OCH3 is 1. The van der Waals surface area contributed by atoms with Crippen molar-refractivity contribution >= 4 is 41.3 Å². The van der Waals surface area contributed by atoms with E-state index in [0.29, 0.717) is 11.3 Å². The van der Waals surface area contributed by atoms with Gasteiger partial charge in [-0.3, -0.25) is 30.5 Å². The zero-order valence-electron chi connectivity index (χ0n) is 35.4. The molecule has 19 heteroatoms. The van der Waals surface area contributed by atoms with Gasteiger partial charge in [-0.05, 0) is 67.5 Å². The van der Waals surface area contributed by atoms with Gasteiger partial charge in [0.25, 0.3) is 6.35 Å². The number of nitrogens with zero attached hydrogens (tertiary/aromatic N) is 4. The molecule has 18 nitrogen and oxygen atoms in total. The minimum absolute atomic E-state index is 0.0127. The second-order valence-corrected chi connectivity index (χ2v) is 16.2. The second kappa shape index (κ2) is 20.3. The molecule has 5 N–H and O–H groups in total. The fourth-order valence-electron chi connectivity index (χ4n) is 5.02. The summed E-state index contributed by atoms with van der Waals surface area (Å²) >= 11 is 0. The second-order valence-electron chi connectivity index (χ2n) is 16.2. The Hall–Kier alpha value is -6.08. The van der Waals surface area contributed by atoms with Gasteiger partial charge in [0.2, 0.25) is 5.95 Å². The Bertz CT molecular complexity index is 1990. The Balaban J connectivity index is 1.65. The lowest BCUT2D eigenvalue weighted by Crippen LogP contribution is -2.46. The van der Waals surface area contributed by atoms with Crippen LogP contribution in [-0.4, -0.2) is 91.5 Å². The molecule has 0 spiro atoms. The quantitative estimate of drug-likeness (QED) is 0.0252. The zero-order chi connectivity index (χ0) is 44.3. The van der Waals surface area contributed by atoms with Crippen molar-refractivity contribution in [3.05, 3.63) is 71.8 Å². The molecule has 0 saturated carbocycles. The molecule has 4 rings (SSSR count). The number of anilines is 2. The smallest absolute Gasteiger partial charge is 0.412 e. The number of ether oxygens (including phenoxy) is 6. The zero-order valence-corrected chi connectivity index (χ0v) is 35.4. The van der Waals surface area contributed by atoms with Crippen molar-refractivity contribution in [2.24, 2.45) is 21.2 Å². The van der Waals surface area contributed by atoms with Crippen molar-refractivity contribution in [2.45, 2.75) is 74.2 Å². The summed E-state index contributed by atoms with van der Waals surface area (Å²) in [6.07, 6.45) is 1.69. The number of rotatable bonds is 19. The molecular weight excluding hydrogens is 783 g/mol. The highest BCUT2D eigenvalue weighted by atomic mass is 19.1. The van der Waals surface area contributed by atoms with E-state index in [1.165, 1.54) is 50.5 Å². The Kier molecular flexibility index (Phi) is 15.7. The lowest BCUT2D eigenvalue weighted by molar-refractivity contribution is -0.181. The van der Waals surface area contributed by atoms with Gasteiger partial charge in [-0.2, -0.15) is 0 Å². The molecule has 2 atom stereocenters. The predicted octanol–water partition coefficient (Wildman–Crippen LogP) is 5.48. The number of alkyl carbamates (subject to hydrolysis) is 1. The van der Waals surface area contributed by atoms with Crippen molar-refractivity contribution in [3.63, 3.8) is 0 Å². The fraction of sp³-hybridized carbons (Fsp3) is 0.488. The van der Waals surface area contributed by atoms with Crippen molar-refractivity contribution in [1.29, 1.82) is 5.41 Å². The molecule has 1 aliphatic rings. The highest BCUT2D eigenvalue weighted by Crippen LogP contribution is 2.35. The van der Waals surface area contributed by atoms with Gasteiger partial charge in [0.15, 0.2) is 23.8 Å². The van der Waals surface area contributed by atoms with Gasteiger partial charge < -0.3 is 34.1 Å². The number of hydrogen-bond acceptors (Lipinski definition) is 17. The number of aliphatic imine (C=N–C) groups is 1. The van der Waals surface area contributed by atoms with Crippen molar-refractivity contribution in [1.82, 2.24) is 20.7 Å². The Morgan fingerprint density at radius 3 is 2.27 bits per heavy atom. The third kappa shape index (κ3) is 12.7. The third-order valence-corrected chi connectivity index (χ3v) is 9.01. The maximum absolute atomic E-state index is 16.4. The molecule has 3 aromatic rings. The highest BCUT2D eigenvalue weighted by Gasteiger charge is 2.41. The summed E-state index contributed by atoms with van der Waals surface area (Å²) in [6.45, 7) is 13.4. The molecule has 60 heavy (non-hydrogen) atoms. The molecule has 2 heterocycles. The lowest BCUT2D eigenvalue weighted by atomic mass is 9.92. The molecule has 1 aromatic heterocycles. The summed E-state index contributed by atoms with van der Waals surface area (Å²) in [5.74, 6) is -2.51. The summed E-state index contributed by atoms with van der Waals surface area (Å²) in [7, 11) is 1.40. The molecule has 1 aliphatic heterocycles. The van der Waals surface area contributed by atoms with Crippen molar-refractivity contribution < 1.29 is 52.3 Å². The van der Waals surface area contributed by atoms with Gasteiger partial charge in [-0.1, -0.05) is 41.5 Å². The fourth-order valence-corrected chi connectivity index (χ4v) is 5.02. The van der Waals surface area contributed by atoms with Crippen LogP contribution in [0, 0.1) is 27.5 Å². The van der Waals surface area contributed by atoms with Crippen LogP contribution in [0.2, 0.25) is 0 Å². The maximum atomic E-state index is 16.4. The first kappa shape index (κ1) is 46.6. The molecule has 1 amide bonds. The van der Waals surface area contributed by atoms with Gasteiger partial charge in [-0.25, -0.2) is 29.2 Å². The standard InChI is InChI=1S/C41H55FN8O10/c1-10-40(5,6)23-58-38(54)47-32(43)25-12-14-26(15-13-25)46-31(28-20-27(55-9)21-29(30(28)42)56-19-18-51)33-48-37(50(49-33)36-44-16-11-17-45-36)60-24-59-35(53)41(7,8)34(52)57-22-39(2,3)4/h11-17,20-21,31,37,46,51H,10,18-19,22-24H2,1-9H3,(H,48,49)(H2,43,47,54). The van der Waals surface area contributed by atoms with Crippen LogP contribution >= 0.6 is 0 Å². The average Bonchev–Trinajstić information content (AvgIpc) is 3.64. The number of hydrogen-bond donors (Lipinski definition) is 5. The number of carbonyl (C=O) groups excluding carboxylic acids is 3. The molecular formula is C41H55FN8O10. The first-order valence-corrected chi connectivity index (χ1v) is 19.2. The number of halogens is 1. The Morgan fingerprint density at radius 1 is 0.983 bits per heavy atom. The number of aromatic nitrogens is 2. The number of hydrazine groups is 1. The minimum atomic E-state index is -1.66. The van der Waals surface area contributed by atoms with Gasteiger partial charge in [0, 0.05) is 35.3 Å². The van der Waals surface area contributed by atoms with E-state index in [-0.39, 0.29) is 71.9 Å². The number of aliphatic hydroxyl groups excluding tert-OH is 1.